The number of nitrogens with zero attached hydrogens (tertiary/aromatic N) is 1. The average molecular weight is 427 g/mol. The minimum absolute atomic E-state index is 0.0455. The molecule has 2 aromatic carbocycles. The Morgan fingerprint density at radius 3 is 2.39 bits per heavy atom. The summed E-state index contributed by atoms with van der Waals surface area (Å²) in [6.45, 7) is 7.33. The van der Waals surface area contributed by atoms with Gasteiger partial charge in [0.2, 0.25) is 11.8 Å². The molecule has 0 aromatic heterocycles. The van der Waals surface area contributed by atoms with E-state index in [1.165, 1.54) is 12.1 Å². The molecular weight excluding hydrogens is 401 g/mol. The van der Waals surface area contributed by atoms with Crippen molar-refractivity contribution in [3.8, 4) is 0 Å². The Morgan fingerprint density at radius 2 is 1.74 bits per heavy atom. The first-order valence-electron chi connectivity index (χ1n) is 9.99. The zero-order chi connectivity index (χ0) is 22.8. The molecule has 2 aromatic rings. The maximum atomic E-state index is 13.8. The Balaban J connectivity index is 1.71. The van der Waals surface area contributed by atoms with Crippen molar-refractivity contribution in [1.82, 2.24) is 0 Å². The van der Waals surface area contributed by atoms with E-state index in [1.54, 1.807) is 25.7 Å². The first-order chi connectivity index (χ1) is 14.5. The molecule has 0 aliphatic carbocycles. The molecule has 1 aliphatic heterocycles. The Morgan fingerprint density at radius 1 is 1.06 bits per heavy atom. The minimum Gasteiger partial charge on any atom is -0.444 e. The quantitative estimate of drug-likeness (QED) is 0.754. The molecular formula is C23H26FN3O4. The van der Waals surface area contributed by atoms with Crippen LogP contribution in [-0.4, -0.2) is 30.1 Å². The topological polar surface area (TPSA) is 87.7 Å². The number of rotatable bonds is 4. The second-order valence-corrected chi connectivity index (χ2v) is 8.55. The third-order valence-electron chi connectivity index (χ3n) is 4.72. The van der Waals surface area contributed by atoms with Gasteiger partial charge in [0.05, 0.1) is 17.3 Å². The summed E-state index contributed by atoms with van der Waals surface area (Å²) in [6, 6.07) is 11.1. The van der Waals surface area contributed by atoms with Crippen LogP contribution in [0.15, 0.2) is 42.5 Å². The van der Waals surface area contributed by atoms with Crippen LogP contribution in [0.4, 0.5) is 26.2 Å². The largest absolute Gasteiger partial charge is 0.444 e. The van der Waals surface area contributed by atoms with E-state index in [0.717, 1.165) is 17.3 Å². The number of hydrogen-bond acceptors (Lipinski definition) is 4. The van der Waals surface area contributed by atoms with E-state index in [2.05, 4.69) is 10.6 Å². The molecule has 0 radical (unpaired) electrons. The van der Waals surface area contributed by atoms with E-state index in [4.69, 9.17) is 4.74 Å². The van der Waals surface area contributed by atoms with Gasteiger partial charge in [0.1, 0.15) is 11.4 Å². The highest BCUT2D eigenvalue weighted by molar-refractivity contribution is 6.05. The molecule has 31 heavy (non-hydrogen) atoms. The Hall–Kier alpha value is -3.42. The van der Waals surface area contributed by atoms with Gasteiger partial charge in [-0.25, -0.2) is 9.18 Å². The van der Waals surface area contributed by atoms with Gasteiger partial charge in [-0.1, -0.05) is 17.7 Å². The molecule has 1 saturated heterocycles. The fourth-order valence-corrected chi connectivity index (χ4v) is 3.23. The summed E-state index contributed by atoms with van der Waals surface area (Å²) in [7, 11) is 0. The molecule has 0 saturated carbocycles. The van der Waals surface area contributed by atoms with E-state index < -0.39 is 29.3 Å². The van der Waals surface area contributed by atoms with Crippen LogP contribution in [0.1, 0.15) is 32.8 Å². The highest BCUT2D eigenvalue weighted by atomic mass is 19.1. The molecule has 1 heterocycles. The first kappa shape index (κ1) is 22.3. The molecule has 164 valence electrons. The molecule has 1 fully saturated rings. The van der Waals surface area contributed by atoms with E-state index in [0.29, 0.717) is 0 Å². The molecule has 1 atom stereocenters. The number of amides is 3. The second kappa shape index (κ2) is 8.75. The summed E-state index contributed by atoms with van der Waals surface area (Å²) in [5.74, 6) is -1.77. The Labute approximate surface area is 180 Å². The SMILES string of the molecule is Cc1ccc(N2CC(C(=O)Nc3cc(F)ccc3NC(=O)OC(C)(C)C)CC2=O)cc1. The summed E-state index contributed by atoms with van der Waals surface area (Å²) in [5.41, 5.74) is 1.38. The minimum atomic E-state index is -0.726. The van der Waals surface area contributed by atoms with Crippen LogP contribution in [0.3, 0.4) is 0 Å². The number of aryl methyl sites for hydroxylation is 1. The summed E-state index contributed by atoms with van der Waals surface area (Å²) >= 11 is 0. The van der Waals surface area contributed by atoms with Crippen molar-refractivity contribution in [2.45, 2.75) is 39.7 Å². The number of hydrogen-bond donors (Lipinski definition) is 2. The van der Waals surface area contributed by atoms with Crippen LogP contribution in [0.2, 0.25) is 0 Å². The highest BCUT2D eigenvalue weighted by Gasteiger charge is 2.35. The van der Waals surface area contributed by atoms with Gasteiger partial charge < -0.3 is 15.0 Å². The molecule has 3 amide bonds. The highest BCUT2D eigenvalue weighted by Crippen LogP contribution is 2.29. The van der Waals surface area contributed by atoms with Crippen LogP contribution in [0, 0.1) is 18.7 Å². The van der Waals surface area contributed by atoms with Crippen LogP contribution in [-0.2, 0) is 14.3 Å². The van der Waals surface area contributed by atoms with Gasteiger partial charge in [0.25, 0.3) is 0 Å². The van der Waals surface area contributed by atoms with Gasteiger partial charge in [-0.2, -0.15) is 0 Å². The predicted molar refractivity (Wildman–Crippen MR) is 117 cm³/mol. The van der Waals surface area contributed by atoms with Crippen LogP contribution >= 0.6 is 0 Å². The van der Waals surface area contributed by atoms with Gasteiger partial charge in [0.15, 0.2) is 0 Å². The number of carbonyl (C=O) groups is 3. The predicted octanol–water partition coefficient (Wildman–Crippen LogP) is 4.47. The van der Waals surface area contributed by atoms with Crippen molar-refractivity contribution in [3.05, 3.63) is 53.8 Å². The standard InChI is InChI=1S/C23H26FN3O4/c1-14-5-8-17(9-6-14)27-13-15(11-20(27)28)21(29)25-19-12-16(24)7-10-18(19)26-22(30)31-23(2,3)4/h5-10,12,15H,11,13H2,1-4H3,(H,25,29)(H,26,30). The lowest BCUT2D eigenvalue weighted by molar-refractivity contribution is -0.122. The average Bonchev–Trinajstić information content (AvgIpc) is 3.05. The first-order valence-corrected chi connectivity index (χ1v) is 9.99. The fraction of sp³-hybridized carbons (Fsp3) is 0.348. The molecule has 2 N–H and O–H groups in total. The maximum absolute atomic E-state index is 13.8. The summed E-state index contributed by atoms with van der Waals surface area (Å²) in [6.07, 6.45) is -0.680. The van der Waals surface area contributed by atoms with Gasteiger partial charge in [0, 0.05) is 18.7 Å². The van der Waals surface area contributed by atoms with E-state index in [1.807, 2.05) is 31.2 Å². The molecule has 0 bridgehead atoms. The van der Waals surface area contributed by atoms with E-state index in [9.17, 15) is 18.8 Å². The van der Waals surface area contributed by atoms with E-state index in [-0.39, 0.29) is 30.2 Å². The zero-order valence-electron chi connectivity index (χ0n) is 18.0. The third-order valence-corrected chi connectivity index (χ3v) is 4.72. The lowest BCUT2D eigenvalue weighted by Gasteiger charge is -2.21. The third kappa shape index (κ3) is 5.81. The van der Waals surface area contributed by atoms with Gasteiger partial charge in [-0.3, -0.25) is 14.9 Å². The van der Waals surface area contributed by atoms with Crippen molar-refractivity contribution >= 4 is 35.0 Å². The summed E-state index contributed by atoms with van der Waals surface area (Å²) in [4.78, 5) is 38.9. The van der Waals surface area contributed by atoms with Gasteiger partial charge >= 0.3 is 6.09 Å². The molecule has 0 spiro atoms. The molecule has 1 aliphatic rings. The number of benzene rings is 2. The Kier molecular flexibility index (Phi) is 6.29. The summed E-state index contributed by atoms with van der Waals surface area (Å²) < 4.78 is 19.0. The lowest BCUT2D eigenvalue weighted by Crippen LogP contribution is -2.29. The van der Waals surface area contributed by atoms with Crippen molar-refractivity contribution in [2.75, 3.05) is 22.1 Å². The molecule has 3 rings (SSSR count). The number of nitrogens with one attached hydrogen (secondary N) is 2. The maximum Gasteiger partial charge on any atom is 0.412 e. The zero-order valence-corrected chi connectivity index (χ0v) is 18.0. The number of halogens is 1. The van der Waals surface area contributed by atoms with Crippen LogP contribution in [0.5, 0.6) is 0 Å². The monoisotopic (exact) mass is 427 g/mol. The van der Waals surface area contributed by atoms with E-state index >= 15 is 0 Å². The molecule has 1 unspecified atom stereocenters. The normalized spacial score (nSPS) is 16.2. The van der Waals surface area contributed by atoms with Gasteiger partial charge in [-0.05, 0) is 58.0 Å². The van der Waals surface area contributed by atoms with Crippen LogP contribution < -0.4 is 15.5 Å². The van der Waals surface area contributed by atoms with Crippen LogP contribution in [0.25, 0.3) is 0 Å². The van der Waals surface area contributed by atoms with Crippen molar-refractivity contribution < 1.29 is 23.5 Å². The number of carbonyl (C=O) groups excluding carboxylic acids is 3. The van der Waals surface area contributed by atoms with Crippen molar-refractivity contribution in [1.29, 1.82) is 0 Å². The number of anilines is 3. The Bertz CT molecular complexity index is 999. The number of ether oxygens (including phenoxy) is 1. The van der Waals surface area contributed by atoms with Crippen molar-refractivity contribution in [3.63, 3.8) is 0 Å². The molecule has 7 nitrogen and oxygen atoms in total. The van der Waals surface area contributed by atoms with Crippen molar-refractivity contribution in [2.24, 2.45) is 5.92 Å². The fourth-order valence-electron chi connectivity index (χ4n) is 3.23. The molecule has 8 heteroatoms. The lowest BCUT2D eigenvalue weighted by atomic mass is 10.1. The van der Waals surface area contributed by atoms with Gasteiger partial charge in [-0.15, -0.1) is 0 Å². The summed E-state index contributed by atoms with van der Waals surface area (Å²) in [5, 5.41) is 5.15. The second-order valence-electron chi connectivity index (χ2n) is 8.55. The smallest absolute Gasteiger partial charge is 0.412 e.